The Bertz CT molecular complexity index is 191. The molecule has 0 amide bonds. The maximum Gasteiger partial charge on any atom is 0.0807 e. The second kappa shape index (κ2) is 6.29. The fraction of sp³-hybridized carbons (Fsp3) is 0.846. The lowest BCUT2D eigenvalue weighted by Crippen LogP contribution is -2.33. The number of allylic oxidation sites excluding steroid dienone is 2. The van der Waals surface area contributed by atoms with E-state index in [1.54, 1.807) is 0 Å². The SMILES string of the molecule is CC1C=CCC1C.CC1OCCOC1C. The molecule has 4 atom stereocenters. The summed E-state index contributed by atoms with van der Waals surface area (Å²) >= 11 is 0. The molecule has 0 aromatic carbocycles. The molecule has 15 heavy (non-hydrogen) atoms. The van der Waals surface area contributed by atoms with Crippen molar-refractivity contribution in [3.05, 3.63) is 12.2 Å². The van der Waals surface area contributed by atoms with Crippen LogP contribution in [-0.2, 0) is 9.47 Å². The van der Waals surface area contributed by atoms with E-state index in [2.05, 4.69) is 26.0 Å². The van der Waals surface area contributed by atoms with E-state index in [4.69, 9.17) is 9.47 Å². The lowest BCUT2D eigenvalue weighted by molar-refractivity contribution is -0.124. The third-order valence-electron chi connectivity index (χ3n) is 3.35. The van der Waals surface area contributed by atoms with Crippen molar-refractivity contribution in [1.82, 2.24) is 0 Å². The third-order valence-corrected chi connectivity index (χ3v) is 3.35. The highest BCUT2D eigenvalue weighted by Gasteiger charge is 2.16. The molecule has 2 rings (SSSR count). The van der Waals surface area contributed by atoms with Crippen molar-refractivity contribution >= 4 is 0 Å². The van der Waals surface area contributed by atoms with E-state index in [1.165, 1.54) is 6.42 Å². The first-order chi connectivity index (χ1) is 7.11. The van der Waals surface area contributed by atoms with Gasteiger partial charge in [-0.25, -0.2) is 0 Å². The van der Waals surface area contributed by atoms with Crippen LogP contribution >= 0.6 is 0 Å². The summed E-state index contributed by atoms with van der Waals surface area (Å²) in [7, 11) is 0. The Balaban J connectivity index is 0.000000151. The summed E-state index contributed by atoms with van der Waals surface area (Å²) in [6.07, 6.45) is 6.42. The van der Waals surface area contributed by atoms with Gasteiger partial charge in [0.05, 0.1) is 25.4 Å². The second-order valence-corrected chi connectivity index (χ2v) is 4.65. The van der Waals surface area contributed by atoms with Gasteiger partial charge in [0.2, 0.25) is 0 Å². The predicted octanol–water partition coefficient (Wildman–Crippen LogP) is 3.03. The molecule has 0 bridgehead atoms. The largest absolute Gasteiger partial charge is 0.373 e. The number of ether oxygens (including phenoxy) is 2. The molecule has 0 aromatic heterocycles. The molecule has 1 aliphatic carbocycles. The molecule has 0 saturated carbocycles. The van der Waals surface area contributed by atoms with Gasteiger partial charge in [-0.05, 0) is 32.1 Å². The fourth-order valence-electron chi connectivity index (χ4n) is 1.65. The standard InChI is InChI=1S/C7H12.C6H12O2/c1-6-4-3-5-7(6)2;1-5-6(2)8-4-3-7-5/h3-4,6-7H,5H2,1-2H3;5-6H,3-4H2,1-2H3. The van der Waals surface area contributed by atoms with Gasteiger partial charge in [-0.1, -0.05) is 26.0 Å². The van der Waals surface area contributed by atoms with E-state index in [0.29, 0.717) is 0 Å². The van der Waals surface area contributed by atoms with E-state index in [9.17, 15) is 0 Å². The second-order valence-electron chi connectivity index (χ2n) is 4.65. The van der Waals surface area contributed by atoms with Gasteiger partial charge in [0.25, 0.3) is 0 Å². The van der Waals surface area contributed by atoms with Gasteiger partial charge in [0.1, 0.15) is 0 Å². The quantitative estimate of drug-likeness (QED) is 0.575. The highest BCUT2D eigenvalue weighted by Crippen LogP contribution is 2.22. The highest BCUT2D eigenvalue weighted by atomic mass is 16.6. The van der Waals surface area contributed by atoms with Crippen molar-refractivity contribution in [3.63, 3.8) is 0 Å². The van der Waals surface area contributed by atoms with Crippen molar-refractivity contribution in [2.24, 2.45) is 11.8 Å². The maximum atomic E-state index is 5.27. The number of hydrogen-bond donors (Lipinski definition) is 0. The average molecular weight is 212 g/mol. The van der Waals surface area contributed by atoms with E-state index in [1.807, 2.05) is 13.8 Å². The van der Waals surface area contributed by atoms with Crippen LogP contribution in [0.3, 0.4) is 0 Å². The van der Waals surface area contributed by atoms with Crippen LogP contribution in [0.4, 0.5) is 0 Å². The zero-order chi connectivity index (χ0) is 11.3. The lowest BCUT2D eigenvalue weighted by Gasteiger charge is -2.25. The first-order valence-electron chi connectivity index (χ1n) is 6.01. The summed E-state index contributed by atoms with van der Waals surface area (Å²) in [6.45, 7) is 10.1. The minimum atomic E-state index is 0.281. The molecule has 0 N–H and O–H groups in total. The normalized spacial score (nSPS) is 39.7. The first kappa shape index (κ1) is 12.7. The minimum absolute atomic E-state index is 0.281. The highest BCUT2D eigenvalue weighted by molar-refractivity contribution is 4.97. The molecule has 1 fully saturated rings. The van der Waals surface area contributed by atoms with Crippen LogP contribution in [0, 0.1) is 11.8 Å². The Labute approximate surface area is 93.7 Å². The molecular weight excluding hydrogens is 188 g/mol. The summed E-state index contributed by atoms with van der Waals surface area (Å²) in [6, 6.07) is 0. The molecule has 0 aromatic rings. The van der Waals surface area contributed by atoms with Crippen molar-refractivity contribution in [3.8, 4) is 0 Å². The van der Waals surface area contributed by atoms with Gasteiger partial charge in [-0.3, -0.25) is 0 Å². The van der Waals surface area contributed by atoms with Crippen LogP contribution in [0.1, 0.15) is 34.1 Å². The van der Waals surface area contributed by atoms with Crippen LogP contribution in [0.5, 0.6) is 0 Å². The molecule has 88 valence electrons. The van der Waals surface area contributed by atoms with Gasteiger partial charge in [-0.2, -0.15) is 0 Å². The molecule has 2 nitrogen and oxygen atoms in total. The van der Waals surface area contributed by atoms with Crippen LogP contribution in [0.2, 0.25) is 0 Å². The Morgan fingerprint density at radius 2 is 1.47 bits per heavy atom. The zero-order valence-electron chi connectivity index (χ0n) is 10.4. The summed E-state index contributed by atoms with van der Waals surface area (Å²) in [4.78, 5) is 0. The molecule has 0 radical (unpaired) electrons. The lowest BCUT2D eigenvalue weighted by atomic mass is 10.0. The summed E-state index contributed by atoms with van der Waals surface area (Å²) in [5.41, 5.74) is 0. The summed E-state index contributed by atoms with van der Waals surface area (Å²) < 4.78 is 10.5. The van der Waals surface area contributed by atoms with Crippen LogP contribution in [0.15, 0.2) is 12.2 Å². The van der Waals surface area contributed by atoms with Crippen molar-refractivity contribution < 1.29 is 9.47 Å². The van der Waals surface area contributed by atoms with Gasteiger partial charge in [0, 0.05) is 0 Å². The van der Waals surface area contributed by atoms with E-state index < -0.39 is 0 Å². The Morgan fingerprint density at radius 1 is 0.933 bits per heavy atom. The third kappa shape index (κ3) is 4.35. The smallest absolute Gasteiger partial charge is 0.0807 e. The van der Waals surface area contributed by atoms with Crippen molar-refractivity contribution in [2.75, 3.05) is 13.2 Å². The van der Waals surface area contributed by atoms with Crippen LogP contribution in [0.25, 0.3) is 0 Å². The van der Waals surface area contributed by atoms with Gasteiger partial charge in [-0.15, -0.1) is 0 Å². The Morgan fingerprint density at radius 3 is 1.67 bits per heavy atom. The maximum absolute atomic E-state index is 5.27. The molecule has 1 saturated heterocycles. The molecule has 1 aliphatic heterocycles. The van der Waals surface area contributed by atoms with Gasteiger partial charge >= 0.3 is 0 Å². The summed E-state index contributed by atoms with van der Waals surface area (Å²) in [5.74, 6) is 1.74. The van der Waals surface area contributed by atoms with Crippen LogP contribution in [-0.4, -0.2) is 25.4 Å². The minimum Gasteiger partial charge on any atom is -0.373 e. The summed E-state index contributed by atoms with van der Waals surface area (Å²) in [5, 5.41) is 0. The zero-order valence-corrected chi connectivity index (χ0v) is 10.4. The van der Waals surface area contributed by atoms with E-state index in [0.717, 1.165) is 25.0 Å². The molecule has 2 aliphatic rings. The monoisotopic (exact) mass is 212 g/mol. The molecule has 0 spiro atoms. The Hall–Kier alpha value is -0.340. The molecule has 4 unspecified atom stereocenters. The van der Waals surface area contributed by atoms with Crippen molar-refractivity contribution in [2.45, 2.75) is 46.3 Å². The van der Waals surface area contributed by atoms with Crippen LogP contribution < -0.4 is 0 Å². The van der Waals surface area contributed by atoms with Crippen molar-refractivity contribution in [1.29, 1.82) is 0 Å². The van der Waals surface area contributed by atoms with Gasteiger partial charge in [0.15, 0.2) is 0 Å². The molecule has 2 heteroatoms. The van der Waals surface area contributed by atoms with E-state index >= 15 is 0 Å². The molecular formula is C13H24O2. The molecule has 1 heterocycles. The topological polar surface area (TPSA) is 18.5 Å². The fourth-order valence-corrected chi connectivity index (χ4v) is 1.65. The number of hydrogen-bond acceptors (Lipinski definition) is 2. The predicted molar refractivity (Wildman–Crippen MR) is 62.9 cm³/mol. The first-order valence-corrected chi connectivity index (χ1v) is 6.01. The van der Waals surface area contributed by atoms with Gasteiger partial charge < -0.3 is 9.47 Å². The average Bonchev–Trinajstić information content (AvgIpc) is 2.57. The van der Waals surface area contributed by atoms with E-state index in [-0.39, 0.29) is 12.2 Å². The Kier molecular flexibility index (Phi) is 5.34. The number of rotatable bonds is 0.